The second kappa shape index (κ2) is 7.20. The third-order valence-electron chi connectivity index (χ3n) is 3.57. The van der Waals surface area contributed by atoms with E-state index in [0.29, 0.717) is 5.16 Å². The quantitative estimate of drug-likeness (QED) is 0.581. The van der Waals surface area contributed by atoms with Gasteiger partial charge in [0.1, 0.15) is 0 Å². The lowest BCUT2D eigenvalue weighted by molar-refractivity contribution is -0.137. The van der Waals surface area contributed by atoms with Crippen LogP contribution in [0.3, 0.4) is 0 Å². The Morgan fingerprint density at radius 1 is 1.27 bits per heavy atom. The predicted molar refractivity (Wildman–Crippen MR) is 96.5 cm³/mol. The number of halogens is 4. The van der Waals surface area contributed by atoms with E-state index in [0.717, 1.165) is 34.9 Å². The highest BCUT2D eigenvalue weighted by Crippen LogP contribution is 2.37. The van der Waals surface area contributed by atoms with Crippen LogP contribution in [0.15, 0.2) is 47.6 Å². The summed E-state index contributed by atoms with van der Waals surface area (Å²) in [4.78, 5) is 19.7. The molecular weight excluding hydrogens is 387 g/mol. The maximum atomic E-state index is 13.1. The molecule has 136 valence electrons. The highest BCUT2D eigenvalue weighted by atomic mass is 35.5. The number of thioether (sulfide) groups is 1. The molecule has 26 heavy (non-hydrogen) atoms. The maximum Gasteiger partial charge on any atom is 0.418 e. The van der Waals surface area contributed by atoms with Gasteiger partial charge in [0.05, 0.1) is 27.5 Å². The van der Waals surface area contributed by atoms with Gasteiger partial charge in [-0.25, -0.2) is 4.98 Å². The van der Waals surface area contributed by atoms with Gasteiger partial charge in [-0.15, -0.1) is 0 Å². The number of nitrogens with one attached hydrogen (secondary N) is 2. The van der Waals surface area contributed by atoms with Crippen LogP contribution in [0.25, 0.3) is 11.0 Å². The molecule has 0 aliphatic carbocycles. The summed E-state index contributed by atoms with van der Waals surface area (Å²) in [5.74, 6) is -0.566. The topological polar surface area (TPSA) is 57.8 Å². The summed E-state index contributed by atoms with van der Waals surface area (Å²) in [7, 11) is 0. The van der Waals surface area contributed by atoms with E-state index in [1.54, 1.807) is 6.92 Å². The van der Waals surface area contributed by atoms with Crippen LogP contribution in [0.1, 0.15) is 12.5 Å². The SMILES string of the molecule is CC(Sc1nc2ccccc2[nH]1)C(=O)Nc1ccc(Cl)cc1C(F)(F)F. The molecule has 4 nitrogen and oxygen atoms in total. The molecule has 0 fully saturated rings. The molecule has 1 aromatic heterocycles. The summed E-state index contributed by atoms with van der Waals surface area (Å²) in [6.45, 7) is 1.59. The van der Waals surface area contributed by atoms with Crippen LogP contribution in [-0.2, 0) is 11.0 Å². The van der Waals surface area contributed by atoms with Crippen LogP contribution >= 0.6 is 23.4 Å². The standard InChI is InChI=1S/C17H13ClF3N3OS/c1-9(26-16-23-13-4-2-3-5-14(13)24-16)15(25)22-12-7-6-10(18)8-11(12)17(19,20)21/h2-9H,1H3,(H,22,25)(H,23,24). The second-order valence-corrected chi connectivity index (χ2v) is 7.26. The van der Waals surface area contributed by atoms with Crippen molar-refractivity contribution in [2.45, 2.75) is 23.5 Å². The minimum Gasteiger partial charge on any atom is -0.333 e. The van der Waals surface area contributed by atoms with Crippen LogP contribution in [0, 0.1) is 0 Å². The predicted octanol–water partition coefficient (Wildman–Crippen LogP) is 5.35. The van der Waals surface area contributed by atoms with Gasteiger partial charge < -0.3 is 10.3 Å². The zero-order valence-electron chi connectivity index (χ0n) is 13.4. The van der Waals surface area contributed by atoms with E-state index in [4.69, 9.17) is 11.6 Å². The van der Waals surface area contributed by atoms with Gasteiger partial charge in [0.2, 0.25) is 5.91 Å². The van der Waals surface area contributed by atoms with Gasteiger partial charge in [-0.05, 0) is 37.3 Å². The number of anilines is 1. The number of amides is 1. The van der Waals surface area contributed by atoms with E-state index < -0.39 is 22.9 Å². The minimum absolute atomic E-state index is 0.0555. The van der Waals surface area contributed by atoms with Crippen molar-refractivity contribution in [2.24, 2.45) is 0 Å². The number of alkyl halides is 3. The molecule has 1 heterocycles. The Hall–Kier alpha value is -2.19. The number of rotatable bonds is 4. The molecule has 0 aliphatic heterocycles. The van der Waals surface area contributed by atoms with Crippen molar-refractivity contribution < 1.29 is 18.0 Å². The largest absolute Gasteiger partial charge is 0.418 e. The molecular formula is C17H13ClF3N3OS. The fourth-order valence-corrected chi connectivity index (χ4v) is 3.29. The summed E-state index contributed by atoms with van der Waals surface area (Å²) >= 11 is 6.77. The van der Waals surface area contributed by atoms with Gasteiger partial charge >= 0.3 is 6.18 Å². The number of para-hydroxylation sites is 2. The Labute approximate surface area is 156 Å². The number of benzene rings is 2. The van der Waals surface area contributed by atoms with Crippen LogP contribution in [0.2, 0.25) is 5.02 Å². The number of nitrogens with zero attached hydrogens (tertiary/aromatic N) is 1. The molecule has 1 atom stereocenters. The minimum atomic E-state index is -4.62. The number of hydrogen-bond donors (Lipinski definition) is 2. The van der Waals surface area contributed by atoms with Crippen molar-refractivity contribution in [3.05, 3.63) is 53.1 Å². The Morgan fingerprint density at radius 3 is 2.69 bits per heavy atom. The Balaban J connectivity index is 1.75. The lowest BCUT2D eigenvalue weighted by Crippen LogP contribution is -2.24. The number of aromatic nitrogens is 2. The molecule has 0 saturated heterocycles. The van der Waals surface area contributed by atoms with Gasteiger partial charge in [0, 0.05) is 5.02 Å². The monoisotopic (exact) mass is 399 g/mol. The number of H-pyrrole nitrogens is 1. The molecule has 2 aromatic carbocycles. The zero-order chi connectivity index (χ0) is 18.9. The molecule has 0 aliphatic rings. The Bertz CT molecular complexity index is 925. The summed E-state index contributed by atoms with van der Waals surface area (Å²) in [5.41, 5.74) is 0.252. The number of carbonyl (C=O) groups is 1. The fourth-order valence-electron chi connectivity index (χ4n) is 2.30. The molecule has 0 bridgehead atoms. The molecule has 1 amide bonds. The van der Waals surface area contributed by atoms with Crippen LogP contribution in [0.4, 0.5) is 18.9 Å². The first kappa shape index (κ1) is 18.6. The van der Waals surface area contributed by atoms with Crippen molar-refractivity contribution >= 4 is 46.0 Å². The van der Waals surface area contributed by atoms with Crippen LogP contribution in [-0.4, -0.2) is 21.1 Å². The van der Waals surface area contributed by atoms with Gasteiger partial charge in [0.25, 0.3) is 0 Å². The molecule has 2 N–H and O–H groups in total. The van der Waals surface area contributed by atoms with Crippen molar-refractivity contribution in [3.63, 3.8) is 0 Å². The summed E-state index contributed by atoms with van der Waals surface area (Å²) in [6.07, 6.45) is -4.62. The Kier molecular flexibility index (Phi) is 5.15. The highest BCUT2D eigenvalue weighted by molar-refractivity contribution is 8.00. The fraction of sp³-hybridized carbons (Fsp3) is 0.176. The molecule has 3 aromatic rings. The maximum absolute atomic E-state index is 13.1. The van der Waals surface area contributed by atoms with Crippen molar-refractivity contribution in [1.29, 1.82) is 0 Å². The first-order valence-corrected chi connectivity index (χ1v) is 8.79. The van der Waals surface area contributed by atoms with Crippen molar-refractivity contribution in [1.82, 2.24) is 9.97 Å². The van der Waals surface area contributed by atoms with Crippen LogP contribution in [0.5, 0.6) is 0 Å². The lowest BCUT2D eigenvalue weighted by atomic mass is 10.1. The molecule has 9 heteroatoms. The smallest absolute Gasteiger partial charge is 0.333 e. The number of fused-ring (bicyclic) bond motifs is 1. The second-order valence-electron chi connectivity index (χ2n) is 5.50. The third kappa shape index (κ3) is 4.13. The molecule has 0 spiro atoms. The third-order valence-corrected chi connectivity index (χ3v) is 4.79. The molecule has 0 saturated carbocycles. The average molecular weight is 400 g/mol. The van der Waals surface area contributed by atoms with E-state index in [1.807, 2.05) is 24.3 Å². The van der Waals surface area contributed by atoms with Crippen LogP contribution < -0.4 is 5.32 Å². The number of hydrogen-bond acceptors (Lipinski definition) is 3. The summed E-state index contributed by atoms with van der Waals surface area (Å²) in [6, 6.07) is 10.6. The number of carbonyl (C=O) groups excluding carboxylic acids is 1. The van der Waals surface area contributed by atoms with Crippen molar-refractivity contribution in [3.8, 4) is 0 Å². The van der Waals surface area contributed by atoms with E-state index in [9.17, 15) is 18.0 Å². The zero-order valence-corrected chi connectivity index (χ0v) is 15.0. The first-order chi connectivity index (χ1) is 12.2. The Morgan fingerprint density at radius 2 is 2.00 bits per heavy atom. The summed E-state index contributed by atoms with van der Waals surface area (Å²) < 4.78 is 39.3. The summed E-state index contributed by atoms with van der Waals surface area (Å²) in [5, 5.41) is 2.12. The van der Waals surface area contributed by atoms with Gasteiger partial charge in [0.15, 0.2) is 5.16 Å². The van der Waals surface area contributed by atoms with E-state index >= 15 is 0 Å². The van der Waals surface area contributed by atoms with E-state index in [-0.39, 0.29) is 10.7 Å². The van der Waals surface area contributed by atoms with Gasteiger partial charge in [-0.2, -0.15) is 13.2 Å². The number of imidazole rings is 1. The average Bonchev–Trinajstić information content (AvgIpc) is 2.97. The van der Waals surface area contributed by atoms with Gasteiger partial charge in [-0.1, -0.05) is 35.5 Å². The normalized spacial score (nSPS) is 13.0. The highest BCUT2D eigenvalue weighted by Gasteiger charge is 2.34. The van der Waals surface area contributed by atoms with E-state index in [2.05, 4.69) is 15.3 Å². The molecule has 0 radical (unpaired) electrons. The number of aromatic amines is 1. The molecule has 3 rings (SSSR count). The van der Waals surface area contributed by atoms with E-state index in [1.165, 1.54) is 6.07 Å². The lowest BCUT2D eigenvalue weighted by Gasteiger charge is -2.16. The van der Waals surface area contributed by atoms with Crippen molar-refractivity contribution in [2.75, 3.05) is 5.32 Å². The molecule has 1 unspecified atom stereocenters. The van der Waals surface area contributed by atoms with Gasteiger partial charge in [-0.3, -0.25) is 4.79 Å². The first-order valence-electron chi connectivity index (χ1n) is 7.53.